The van der Waals surface area contributed by atoms with Crippen LogP contribution in [0, 0.1) is 19.8 Å². The van der Waals surface area contributed by atoms with Crippen LogP contribution in [0.2, 0.25) is 0 Å². The predicted molar refractivity (Wildman–Crippen MR) is 106 cm³/mol. The Morgan fingerprint density at radius 1 is 0.960 bits per heavy atom. The number of aryl methyl sites for hydroxylation is 2. The molecule has 0 aromatic heterocycles. The predicted octanol–water partition coefficient (Wildman–Crippen LogP) is 4.40. The summed E-state index contributed by atoms with van der Waals surface area (Å²) < 4.78 is 0. The van der Waals surface area contributed by atoms with Gasteiger partial charge in [0.15, 0.2) is 0 Å². The van der Waals surface area contributed by atoms with E-state index in [4.69, 9.17) is 0 Å². The molecule has 25 heavy (non-hydrogen) atoms. The highest BCUT2D eigenvalue weighted by Crippen LogP contribution is 2.54. The molecule has 0 unspecified atom stereocenters. The van der Waals surface area contributed by atoms with Crippen LogP contribution < -0.4 is 4.90 Å². The first kappa shape index (κ1) is 16.7. The SMILES string of the molecule is Cc1ccc(N2CCN(C[C@@H]3C[C@@]3(C)c3ccccc3)CC2)c(C)c1. The van der Waals surface area contributed by atoms with Crippen LogP contribution in [0.4, 0.5) is 5.69 Å². The molecule has 1 aliphatic carbocycles. The van der Waals surface area contributed by atoms with Gasteiger partial charge >= 0.3 is 0 Å². The van der Waals surface area contributed by atoms with Gasteiger partial charge in [-0.15, -0.1) is 0 Å². The number of hydrogen-bond acceptors (Lipinski definition) is 2. The molecule has 132 valence electrons. The summed E-state index contributed by atoms with van der Waals surface area (Å²) in [5.74, 6) is 0.822. The Bertz CT molecular complexity index is 731. The van der Waals surface area contributed by atoms with Gasteiger partial charge in [-0.3, -0.25) is 4.90 Å². The minimum absolute atomic E-state index is 0.409. The Labute approximate surface area is 152 Å². The monoisotopic (exact) mass is 334 g/mol. The third kappa shape index (κ3) is 3.32. The molecular formula is C23H30N2. The summed E-state index contributed by atoms with van der Waals surface area (Å²) in [6.07, 6.45) is 1.34. The molecule has 2 atom stereocenters. The Hall–Kier alpha value is -1.80. The number of rotatable bonds is 4. The quantitative estimate of drug-likeness (QED) is 0.817. The maximum Gasteiger partial charge on any atom is 0.0396 e. The van der Waals surface area contributed by atoms with Gasteiger partial charge in [-0.05, 0) is 48.8 Å². The second kappa shape index (κ2) is 6.49. The van der Waals surface area contributed by atoms with Crippen LogP contribution in [0.5, 0.6) is 0 Å². The Balaban J connectivity index is 1.33. The standard InChI is InChI=1S/C23H30N2/c1-18-9-10-22(19(2)15-18)25-13-11-24(12-14-25)17-21-16-23(21,3)20-7-5-4-6-8-20/h4-10,15,21H,11-14,16-17H2,1-3H3/t21-,23-/m0/s1. The van der Waals surface area contributed by atoms with Gasteiger partial charge in [-0.25, -0.2) is 0 Å². The minimum Gasteiger partial charge on any atom is -0.369 e. The molecular weight excluding hydrogens is 304 g/mol. The number of benzene rings is 2. The summed E-state index contributed by atoms with van der Waals surface area (Å²) in [7, 11) is 0. The minimum atomic E-state index is 0.409. The number of hydrogen-bond donors (Lipinski definition) is 0. The van der Waals surface area contributed by atoms with Crippen molar-refractivity contribution in [1.82, 2.24) is 4.90 Å². The largest absolute Gasteiger partial charge is 0.369 e. The van der Waals surface area contributed by atoms with Crippen LogP contribution in [0.25, 0.3) is 0 Å². The third-order valence-electron chi connectivity index (χ3n) is 6.39. The van der Waals surface area contributed by atoms with E-state index in [1.807, 2.05) is 0 Å². The van der Waals surface area contributed by atoms with Crippen molar-refractivity contribution in [2.45, 2.75) is 32.6 Å². The highest BCUT2D eigenvalue weighted by molar-refractivity contribution is 5.54. The lowest BCUT2D eigenvalue weighted by Gasteiger charge is -2.37. The molecule has 2 aromatic rings. The zero-order valence-electron chi connectivity index (χ0n) is 15.8. The molecule has 0 N–H and O–H groups in total. The van der Waals surface area contributed by atoms with E-state index in [-0.39, 0.29) is 0 Å². The molecule has 1 aliphatic heterocycles. The summed E-state index contributed by atoms with van der Waals surface area (Å²) in [6, 6.07) is 17.9. The van der Waals surface area contributed by atoms with E-state index in [1.54, 1.807) is 0 Å². The van der Waals surface area contributed by atoms with Crippen LogP contribution >= 0.6 is 0 Å². The maximum atomic E-state index is 2.68. The topological polar surface area (TPSA) is 6.48 Å². The molecule has 0 amide bonds. The number of nitrogens with zero attached hydrogens (tertiary/aromatic N) is 2. The van der Waals surface area contributed by atoms with Crippen molar-refractivity contribution in [3.8, 4) is 0 Å². The third-order valence-corrected chi connectivity index (χ3v) is 6.39. The average molecular weight is 335 g/mol. The molecule has 2 aromatic carbocycles. The average Bonchev–Trinajstić information content (AvgIpc) is 3.28. The summed E-state index contributed by atoms with van der Waals surface area (Å²) in [5.41, 5.74) is 6.12. The lowest BCUT2D eigenvalue weighted by molar-refractivity contribution is 0.242. The molecule has 2 heteroatoms. The van der Waals surface area contributed by atoms with Crippen molar-refractivity contribution in [2.75, 3.05) is 37.6 Å². The van der Waals surface area contributed by atoms with Crippen LogP contribution in [0.3, 0.4) is 0 Å². The molecule has 0 radical (unpaired) electrons. The Morgan fingerprint density at radius 3 is 2.36 bits per heavy atom. The number of piperazine rings is 1. The van der Waals surface area contributed by atoms with Crippen molar-refractivity contribution >= 4 is 5.69 Å². The van der Waals surface area contributed by atoms with E-state index in [9.17, 15) is 0 Å². The normalized spacial score (nSPS) is 26.7. The first-order valence-corrected chi connectivity index (χ1v) is 9.66. The van der Waals surface area contributed by atoms with E-state index in [0.717, 1.165) is 19.0 Å². The molecule has 1 saturated heterocycles. The summed E-state index contributed by atoms with van der Waals surface area (Å²) in [4.78, 5) is 5.24. The van der Waals surface area contributed by atoms with Gasteiger partial charge in [-0.2, -0.15) is 0 Å². The van der Waals surface area contributed by atoms with Gasteiger partial charge in [0.2, 0.25) is 0 Å². The van der Waals surface area contributed by atoms with Crippen LogP contribution in [-0.4, -0.2) is 37.6 Å². The molecule has 4 rings (SSSR count). The van der Waals surface area contributed by atoms with Gasteiger partial charge in [0.25, 0.3) is 0 Å². The van der Waals surface area contributed by atoms with Crippen molar-refractivity contribution in [2.24, 2.45) is 5.92 Å². The lowest BCUT2D eigenvalue weighted by atomic mass is 9.95. The zero-order valence-corrected chi connectivity index (χ0v) is 15.8. The van der Waals surface area contributed by atoms with Gasteiger partial charge in [0, 0.05) is 38.4 Å². The van der Waals surface area contributed by atoms with Gasteiger partial charge in [0.05, 0.1) is 0 Å². The first-order valence-electron chi connectivity index (χ1n) is 9.66. The molecule has 0 bridgehead atoms. The second-order valence-electron chi connectivity index (χ2n) is 8.26. The van der Waals surface area contributed by atoms with E-state index in [2.05, 4.69) is 79.1 Å². The maximum absolute atomic E-state index is 2.68. The van der Waals surface area contributed by atoms with Crippen molar-refractivity contribution < 1.29 is 0 Å². The Kier molecular flexibility index (Phi) is 4.33. The van der Waals surface area contributed by atoms with Crippen LogP contribution in [0.15, 0.2) is 48.5 Å². The van der Waals surface area contributed by atoms with Crippen molar-refractivity contribution in [3.05, 3.63) is 65.2 Å². The summed E-state index contributed by atoms with van der Waals surface area (Å²) >= 11 is 0. The summed E-state index contributed by atoms with van der Waals surface area (Å²) in [6.45, 7) is 12.8. The Morgan fingerprint density at radius 2 is 1.68 bits per heavy atom. The molecule has 1 saturated carbocycles. The number of anilines is 1. The highest BCUT2D eigenvalue weighted by Gasteiger charge is 2.51. The van der Waals surface area contributed by atoms with Gasteiger partial charge in [-0.1, -0.05) is 55.0 Å². The van der Waals surface area contributed by atoms with Gasteiger partial charge in [0.1, 0.15) is 0 Å². The second-order valence-corrected chi connectivity index (χ2v) is 8.26. The van der Waals surface area contributed by atoms with Crippen LogP contribution in [-0.2, 0) is 5.41 Å². The fourth-order valence-electron chi connectivity index (χ4n) is 4.53. The fraction of sp³-hybridized carbons (Fsp3) is 0.478. The summed E-state index contributed by atoms with van der Waals surface area (Å²) in [5, 5.41) is 0. The molecule has 2 nitrogen and oxygen atoms in total. The zero-order chi connectivity index (χ0) is 17.4. The highest BCUT2D eigenvalue weighted by atomic mass is 15.3. The van der Waals surface area contributed by atoms with Crippen molar-refractivity contribution in [3.63, 3.8) is 0 Å². The fourth-order valence-corrected chi connectivity index (χ4v) is 4.53. The molecule has 2 fully saturated rings. The van der Waals surface area contributed by atoms with E-state index < -0.39 is 0 Å². The lowest BCUT2D eigenvalue weighted by Crippen LogP contribution is -2.47. The van der Waals surface area contributed by atoms with Gasteiger partial charge < -0.3 is 4.90 Å². The van der Waals surface area contributed by atoms with E-state index in [0.29, 0.717) is 5.41 Å². The first-order chi connectivity index (χ1) is 12.1. The smallest absolute Gasteiger partial charge is 0.0396 e. The van der Waals surface area contributed by atoms with Crippen LogP contribution in [0.1, 0.15) is 30.0 Å². The van der Waals surface area contributed by atoms with Crippen molar-refractivity contribution in [1.29, 1.82) is 0 Å². The van der Waals surface area contributed by atoms with E-state index >= 15 is 0 Å². The molecule has 1 heterocycles. The molecule has 0 spiro atoms. The molecule has 2 aliphatic rings. The van der Waals surface area contributed by atoms with E-state index in [1.165, 1.54) is 48.4 Å².